The molecule has 0 radical (unpaired) electrons. The van der Waals surface area contributed by atoms with E-state index in [-0.39, 0.29) is 0 Å². The van der Waals surface area contributed by atoms with Crippen molar-refractivity contribution in [1.82, 2.24) is 10.2 Å². The van der Waals surface area contributed by atoms with Gasteiger partial charge in [0.25, 0.3) is 0 Å². The third-order valence-corrected chi connectivity index (χ3v) is 5.38. The summed E-state index contributed by atoms with van der Waals surface area (Å²) in [6, 6.07) is 0.725. The van der Waals surface area contributed by atoms with E-state index in [1.807, 2.05) is 0 Å². The first-order valence-electron chi connectivity index (χ1n) is 7.57. The Balaban J connectivity index is 1.60. The minimum atomic E-state index is 0.412. The van der Waals surface area contributed by atoms with Crippen LogP contribution in [0.2, 0.25) is 0 Å². The maximum atomic E-state index is 3.81. The molecule has 3 atom stereocenters. The van der Waals surface area contributed by atoms with Gasteiger partial charge in [-0.15, -0.1) is 0 Å². The molecule has 1 heterocycles. The third-order valence-electron chi connectivity index (χ3n) is 5.38. The molecule has 2 saturated carbocycles. The lowest BCUT2D eigenvalue weighted by molar-refractivity contribution is 0.0684. The van der Waals surface area contributed by atoms with E-state index >= 15 is 0 Å². The van der Waals surface area contributed by atoms with Crippen molar-refractivity contribution in [1.29, 1.82) is 0 Å². The number of nitrogens with one attached hydrogen (secondary N) is 1. The number of hydrogen-bond donors (Lipinski definition) is 1. The molecule has 0 aromatic carbocycles. The van der Waals surface area contributed by atoms with Gasteiger partial charge in [0.1, 0.15) is 0 Å². The molecule has 98 valence electrons. The molecule has 1 saturated heterocycles. The Labute approximate surface area is 106 Å². The van der Waals surface area contributed by atoms with Crippen LogP contribution in [0.3, 0.4) is 0 Å². The predicted molar refractivity (Wildman–Crippen MR) is 72.1 cm³/mol. The molecule has 2 aliphatic carbocycles. The van der Waals surface area contributed by atoms with Gasteiger partial charge in [-0.1, -0.05) is 6.92 Å². The van der Waals surface area contributed by atoms with Crippen LogP contribution in [0.25, 0.3) is 0 Å². The van der Waals surface area contributed by atoms with E-state index in [0.29, 0.717) is 5.54 Å². The molecule has 0 bridgehead atoms. The van der Waals surface area contributed by atoms with Crippen LogP contribution < -0.4 is 5.32 Å². The second-order valence-corrected chi connectivity index (χ2v) is 7.17. The lowest BCUT2D eigenvalue weighted by Crippen LogP contribution is -2.63. The summed E-state index contributed by atoms with van der Waals surface area (Å²) in [5.74, 6) is 2.91. The predicted octanol–water partition coefficient (Wildman–Crippen LogP) is 2.49. The quantitative estimate of drug-likeness (QED) is 0.807. The summed E-state index contributed by atoms with van der Waals surface area (Å²) in [6.45, 7) is 11.1. The van der Waals surface area contributed by atoms with Gasteiger partial charge >= 0.3 is 0 Å². The molecule has 3 rings (SSSR count). The first-order chi connectivity index (χ1) is 8.08. The highest BCUT2D eigenvalue weighted by molar-refractivity contribution is 5.03. The van der Waals surface area contributed by atoms with Crippen LogP contribution in [-0.4, -0.2) is 36.1 Å². The van der Waals surface area contributed by atoms with Gasteiger partial charge in [-0.05, 0) is 57.3 Å². The maximum absolute atomic E-state index is 3.81. The molecule has 1 aliphatic heterocycles. The molecular weight excluding hydrogens is 208 g/mol. The second kappa shape index (κ2) is 4.24. The lowest BCUT2D eigenvalue weighted by atomic mass is 9.90. The average molecular weight is 236 g/mol. The summed E-state index contributed by atoms with van der Waals surface area (Å²) in [4.78, 5) is 2.76. The highest BCUT2D eigenvalue weighted by Gasteiger charge is 2.45. The minimum Gasteiger partial charge on any atom is -0.308 e. The van der Waals surface area contributed by atoms with Crippen molar-refractivity contribution in [2.24, 2.45) is 17.8 Å². The number of nitrogens with zero attached hydrogens (tertiary/aromatic N) is 1. The summed E-state index contributed by atoms with van der Waals surface area (Å²) in [6.07, 6.45) is 5.87. The normalized spacial score (nSPS) is 41.5. The van der Waals surface area contributed by atoms with Gasteiger partial charge in [0.05, 0.1) is 0 Å². The summed E-state index contributed by atoms with van der Waals surface area (Å²) in [5.41, 5.74) is 0.412. The van der Waals surface area contributed by atoms with E-state index in [0.717, 1.165) is 23.8 Å². The molecular formula is C15H28N2. The molecule has 0 amide bonds. The maximum Gasteiger partial charge on any atom is 0.0309 e. The van der Waals surface area contributed by atoms with E-state index in [1.54, 1.807) is 0 Å². The van der Waals surface area contributed by atoms with E-state index in [2.05, 4.69) is 31.0 Å². The highest BCUT2D eigenvalue weighted by atomic mass is 15.3. The number of rotatable bonds is 4. The fourth-order valence-electron chi connectivity index (χ4n) is 3.57. The van der Waals surface area contributed by atoms with E-state index in [1.165, 1.54) is 45.3 Å². The Morgan fingerprint density at radius 3 is 2.59 bits per heavy atom. The van der Waals surface area contributed by atoms with Crippen LogP contribution in [-0.2, 0) is 0 Å². The number of hydrogen-bond acceptors (Lipinski definition) is 2. The van der Waals surface area contributed by atoms with Gasteiger partial charge in [0, 0.05) is 31.2 Å². The third kappa shape index (κ3) is 2.53. The van der Waals surface area contributed by atoms with E-state index < -0.39 is 0 Å². The second-order valence-electron chi connectivity index (χ2n) is 7.17. The van der Waals surface area contributed by atoms with Crippen molar-refractivity contribution < 1.29 is 0 Å². The van der Waals surface area contributed by atoms with Crippen molar-refractivity contribution in [2.75, 3.05) is 19.6 Å². The Bertz CT molecular complexity index is 283. The van der Waals surface area contributed by atoms with Gasteiger partial charge in [0.2, 0.25) is 0 Å². The van der Waals surface area contributed by atoms with Gasteiger partial charge in [-0.25, -0.2) is 0 Å². The first-order valence-corrected chi connectivity index (χ1v) is 7.57. The lowest BCUT2D eigenvalue weighted by Gasteiger charge is -2.46. The first kappa shape index (κ1) is 12.0. The van der Waals surface area contributed by atoms with Crippen molar-refractivity contribution in [3.05, 3.63) is 0 Å². The Morgan fingerprint density at radius 1 is 1.29 bits per heavy atom. The zero-order valence-corrected chi connectivity index (χ0v) is 11.7. The molecule has 17 heavy (non-hydrogen) atoms. The van der Waals surface area contributed by atoms with Crippen LogP contribution in [0.5, 0.6) is 0 Å². The van der Waals surface area contributed by atoms with Crippen molar-refractivity contribution in [3.8, 4) is 0 Å². The van der Waals surface area contributed by atoms with Gasteiger partial charge in [-0.2, -0.15) is 0 Å². The largest absolute Gasteiger partial charge is 0.308 e. The molecule has 1 N–H and O–H groups in total. The fraction of sp³-hybridized carbons (Fsp3) is 1.00. The molecule has 2 nitrogen and oxygen atoms in total. The standard InChI is InChI=1S/C15H28N2/c1-11(13-4-5-13)9-17-10-15(3,14-6-7-14)16-8-12(17)2/h11-14,16H,4-10H2,1-3H3. The molecule has 3 unspecified atom stereocenters. The molecule has 2 heteroatoms. The van der Waals surface area contributed by atoms with Gasteiger partial charge in [-0.3, -0.25) is 4.90 Å². The summed E-state index contributed by atoms with van der Waals surface area (Å²) >= 11 is 0. The summed E-state index contributed by atoms with van der Waals surface area (Å²) in [5, 5.41) is 3.81. The van der Waals surface area contributed by atoms with Crippen LogP contribution in [0, 0.1) is 17.8 Å². The van der Waals surface area contributed by atoms with Crippen molar-refractivity contribution in [3.63, 3.8) is 0 Å². The zero-order valence-electron chi connectivity index (χ0n) is 11.7. The topological polar surface area (TPSA) is 15.3 Å². The number of piperazine rings is 1. The monoisotopic (exact) mass is 236 g/mol. The highest BCUT2D eigenvalue weighted by Crippen LogP contribution is 2.42. The minimum absolute atomic E-state index is 0.412. The smallest absolute Gasteiger partial charge is 0.0309 e. The van der Waals surface area contributed by atoms with E-state index in [9.17, 15) is 0 Å². The Morgan fingerprint density at radius 2 is 2.00 bits per heavy atom. The van der Waals surface area contributed by atoms with Crippen LogP contribution in [0.15, 0.2) is 0 Å². The molecule has 0 aromatic rings. The van der Waals surface area contributed by atoms with E-state index in [4.69, 9.17) is 0 Å². The zero-order chi connectivity index (χ0) is 12.0. The Kier molecular flexibility index (Phi) is 2.99. The Hall–Kier alpha value is -0.0800. The fourth-order valence-corrected chi connectivity index (χ4v) is 3.57. The average Bonchev–Trinajstić information content (AvgIpc) is 3.17. The molecule has 3 fully saturated rings. The SMILES string of the molecule is CC(CN1CC(C)(C2CC2)NCC1C)C1CC1. The summed E-state index contributed by atoms with van der Waals surface area (Å²) < 4.78 is 0. The molecule has 0 aromatic heterocycles. The van der Waals surface area contributed by atoms with Gasteiger partial charge < -0.3 is 5.32 Å². The molecule has 0 spiro atoms. The van der Waals surface area contributed by atoms with Gasteiger partial charge in [0.15, 0.2) is 0 Å². The molecule has 3 aliphatic rings. The van der Waals surface area contributed by atoms with Crippen LogP contribution in [0.4, 0.5) is 0 Å². The summed E-state index contributed by atoms with van der Waals surface area (Å²) in [7, 11) is 0. The van der Waals surface area contributed by atoms with Crippen LogP contribution >= 0.6 is 0 Å². The van der Waals surface area contributed by atoms with Crippen molar-refractivity contribution in [2.45, 2.75) is 58.0 Å². The van der Waals surface area contributed by atoms with Crippen molar-refractivity contribution >= 4 is 0 Å². The van der Waals surface area contributed by atoms with Crippen LogP contribution in [0.1, 0.15) is 46.5 Å².